The van der Waals surface area contributed by atoms with E-state index in [-0.39, 0.29) is 12.6 Å². The Morgan fingerprint density at radius 1 is 1.38 bits per heavy atom. The third-order valence-corrected chi connectivity index (χ3v) is 1.31. The van der Waals surface area contributed by atoms with Crippen LogP contribution in [-0.4, -0.2) is 53.7 Å². The fraction of sp³-hybridized carbons (Fsp3) is 0.714. The van der Waals surface area contributed by atoms with Crippen molar-refractivity contribution in [2.45, 2.75) is 13.0 Å². The van der Waals surface area contributed by atoms with Crippen LogP contribution < -0.4 is 5.73 Å². The van der Waals surface area contributed by atoms with Gasteiger partial charge in [-0.2, -0.15) is 0 Å². The molecule has 0 aromatic carbocycles. The molecule has 6 heteroatoms. The van der Waals surface area contributed by atoms with Crippen molar-refractivity contribution in [3.8, 4) is 0 Å². The van der Waals surface area contributed by atoms with Crippen LogP contribution >= 0.6 is 0 Å². The van der Waals surface area contributed by atoms with Gasteiger partial charge in [0, 0.05) is 0 Å². The second kappa shape index (κ2) is 7.51. The van der Waals surface area contributed by atoms with Crippen LogP contribution in [0.4, 0.5) is 0 Å². The zero-order valence-electron chi connectivity index (χ0n) is 8.02. The molecule has 0 aromatic rings. The van der Waals surface area contributed by atoms with Crippen LogP contribution in [0.5, 0.6) is 0 Å². The quantitative estimate of drug-likeness (QED) is 0.532. The van der Waals surface area contributed by atoms with Crippen molar-refractivity contribution in [2.75, 3.05) is 20.6 Å². The summed E-state index contributed by atoms with van der Waals surface area (Å²) in [6.07, 6.45) is 0. The summed E-state index contributed by atoms with van der Waals surface area (Å²) in [4.78, 5) is 21.0. The van der Waals surface area contributed by atoms with Gasteiger partial charge in [0.05, 0.1) is 6.54 Å². The Morgan fingerprint density at radius 2 is 1.69 bits per heavy atom. The largest absolute Gasteiger partial charge is 0.480 e. The summed E-state index contributed by atoms with van der Waals surface area (Å²) in [5.74, 6) is -1.75. The average molecular weight is 192 g/mol. The van der Waals surface area contributed by atoms with Crippen LogP contribution in [0.2, 0.25) is 0 Å². The predicted molar refractivity (Wildman–Crippen MR) is 47.5 cm³/mol. The maximum atomic E-state index is 10.1. The van der Waals surface area contributed by atoms with Crippen LogP contribution in [0.25, 0.3) is 0 Å². The van der Waals surface area contributed by atoms with Crippen LogP contribution in [0.3, 0.4) is 0 Å². The van der Waals surface area contributed by atoms with Gasteiger partial charge in [0.15, 0.2) is 0 Å². The van der Waals surface area contributed by atoms with E-state index >= 15 is 0 Å². The molecular formula is C7H16N2O4. The van der Waals surface area contributed by atoms with Crippen LogP contribution in [0.15, 0.2) is 0 Å². The first-order chi connectivity index (χ1) is 5.82. The fourth-order valence-corrected chi connectivity index (χ4v) is 0.221. The molecule has 0 spiro atoms. The first-order valence-corrected chi connectivity index (χ1v) is 3.64. The van der Waals surface area contributed by atoms with Crippen LogP contribution in [-0.2, 0) is 9.59 Å². The standard InChI is InChI=1S/C5H11NO2.C2H5NO2/c1-4(5(7)8)6(2)3;3-1-2(4)5/h4H,1-3H3,(H,7,8);1,3H2,(H,4,5). The number of carboxylic acid groups (broad SMARTS) is 2. The van der Waals surface area contributed by atoms with E-state index in [0.29, 0.717) is 0 Å². The van der Waals surface area contributed by atoms with E-state index < -0.39 is 11.9 Å². The highest BCUT2D eigenvalue weighted by Gasteiger charge is 2.11. The Morgan fingerprint density at radius 3 is 1.69 bits per heavy atom. The van der Waals surface area contributed by atoms with Gasteiger partial charge in [-0.1, -0.05) is 0 Å². The summed E-state index contributed by atoms with van der Waals surface area (Å²) >= 11 is 0. The molecule has 4 N–H and O–H groups in total. The maximum absolute atomic E-state index is 10.1. The molecule has 0 radical (unpaired) electrons. The topological polar surface area (TPSA) is 104 Å². The second-order valence-corrected chi connectivity index (χ2v) is 2.58. The maximum Gasteiger partial charge on any atom is 0.320 e. The molecule has 1 atom stereocenters. The molecule has 0 aliphatic carbocycles. The molecule has 0 amide bonds. The molecule has 0 rings (SSSR count). The molecule has 0 aliphatic heterocycles. The lowest BCUT2D eigenvalue weighted by molar-refractivity contribution is -0.141. The highest BCUT2D eigenvalue weighted by atomic mass is 16.4. The number of hydrogen-bond acceptors (Lipinski definition) is 4. The van der Waals surface area contributed by atoms with E-state index in [2.05, 4.69) is 5.73 Å². The monoisotopic (exact) mass is 192 g/mol. The lowest BCUT2D eigenvalue weighted by Crippen LogP contribution is -2.32. The van der Waals surface area contributed by atoms with Gasteiger partial charge in [0.1, 0.15) is 6.04 Å². The van der Waals surface area contributed by atoms with E-state index in [9.17, 15) is 9.59 Å². The number of nitrogens with zero attached hydrogens (tertiary/aromatic N) is 1. The number of rotatable bonds is 3. The van der Waals surface area contributed by atoms with Gasteiger partial charge in [-0.25, -0.2) is 0 Å². The van der Waals surface area contributed by atoms with Gasteiger partial charge >= 0.3 is 11.9 Å². The molecule has 13 heavy (non-hydrogen) atoms. The number of carboxylic acids is 2. The third-order valence-electron chi connectivity index (χ3n) is 1.31. The third kappa shape index (κ3) is 10.9. The molecular weight excluding hydrogens is 176 g/mol. The van der Waals surface area contributed by atoms with Gasteiger partial charge < -0.3 is 15.9 Å². The summed E-state index contributed by atoms with van der Waals surface area (Å²) in [6, 6.07) is -0.380. The summed E-state index contributed by atoms with van der Waals surface area (Å²) in [6.45, 7) is 1.36. The summed E-state index contributed by atoms with van der Waals surface area (Å²) in [5, 5.41) is 15.9. The molecule has 0 saturated carbocycles. The molecule has 6 nitrogen and oxygen atoms in total. The Hall–Kier alpha value is -1.14. The van der Waals surface area contributed by atoms with Crippen molar-refractivity contribution in [1.82, 2.24) is 4.90 Å². The number of hydrogen-bond donors (Lipinski definition) is 3. The number of aliphatic carboxylic acids is 2. The summed E-state index contributed by atoms with van der Waals surface area (Å²) in [7, 11) is 3.47. The summed E-state index contributed by atoms with van der Waals surface area (Å²) < 4.78 is 0. The first-order valence-electron chi connectivity index (χ1n) is 3.64. The van der Waals surface area contributed by atoms with E-state index in [0.717, 1.165) is 0 Å². The van der Waals surface area contributed by atoms with E-state index in [1.807, 2.05) is 0 Å². The SMILES string of the molecule is CC(C(=O)O)N(C)C.NCC(=O)O. The number of likely N-dealkylation sites (N-methyl/N-ethyl adjacent to an activating group) is 1. The normalized spacial score (nSPS) is 11.5. The molecule has 1 unspecified atom stereocenters. The van der Waals surface area contributed by atoms with Crippen molar-refractivity contribution in [2.24, 2.45) is 5.73 Å². The van der Waals surface area contributed by atoms with E-state index in [1.54, 1.807) is 25.9 Å². The van der Waals surface area contributed by atoms with Gasteiger partial charge in [0.25, 0.3) is 0 Å². The molecule has 0 saturated heterocycles. The minimum absolute atomic E-state index is 0.278. The lowest BCUT2D eigenvalue weighted by atomic mass is 10.3. The predicted octanol–water partition coefficient (Wildman–Crippen LogP) is -0.949. The Kier molecular flexibility index (Phi) is 8.31. The van der Waals surface area contributed by atoms with E-state index in [4.69, 9.17) is 10.2 Å². The van der Waals surface area contributed by atoms with Crippen molar-refractivity contribution < 1.29 is 19.8 Å². The Labute approximate surface area is 76.9 Å². The average Bonchev–Trinajstić information content (AvgIpc) is 2.03. The van der Waals surface area contributed by atoms with Gasteiger partial charge in [0.2, 0.25) is 0 Å². The van der Waals surface area contributed by atoms with Crippen molar-refractivity contribution >= 4 is 11.9 Å². The molecule has 0 fully saturated rings. The highest BCUT2D eigenvalue weighted by Crippen LogP contribution is 1.88. The molecule has 0 aromatic heterocycles. The highest BCUT2D eigenvalue weighted by molar-refractivity contribution is 5.72. The van der Waals surface area contributed by atoms with Crippen molar-refractivity contribution in [3.63, 3.8) is 0 Å². The van der Waals surface area contributed by atoms with Crippen molar-refractivity contribution in [1.29, 1.82) is 0 Å². The Balaban J connectivity index is 0. The van der Waals surface area contributed by atoms with Gasteiger partial charge in [-0.05, 0) is 21.0 Å². The van der Waals surface area contributed by atoms with Crippen molar-refractivity contribution in [3.05, 3.63) is 0 Å². The Bertz CT molecular complexity index is 170. The zero-order valence-corrected chi connectivity index (χ0v) is 8.02. The second-order valence-electron chi connectivity index (χ2n) is 2.58. The molecule has 78 valence electrons. The lowest BCUT2D eigenvalue weighted by Gasteiger charge is -2.13. The fourth-order valence-electron chi connectivity index (χ4n) is 0.221. The minimum Gasteiger partial charge on any atom is -0.480 e. The van der Waals surface area contributed by atoms with E-state index in [1.165, 1.54) is 0 Å². The summed E-state index contributed by atoms with van der Waals surface area (Å²) in [5.41, 5.74) is 4.57. The number of carbonyl (C=O) groups is 2. The van der Waals surface area contributed by atoms with Crippen LogP contribution in [0, 0.1) is 0 Å². The number of nitrogens with two attached hydrogens (primary N) is 1. The minimum atomic E-state index is -0.968. The zero-order chi connectivity index (χ0) is 11.0. The molecule has 0 bridgehead atoms. The first kappa shape index (κ1) is 14.4. The molecule has 0 heterocycles. The van der Waals surface area contributed by atoms with Gasteiger partial charge in [-0.15, -0.1) is 0 Å². The smallest absolute Gasteiger partial charge is 0.320 e. The van der Waals surface area contributed by atoms with Gasteiger partial charge in [-0.3, -0.25) is 14.5 Å². The van der Waals surface area contributed by atoms with Crippen LogP contribution in [0.1, 0.15) is 6.92 Å². The molecule has 0 aliphatic rings.